The van der Waals surface area contributed by atoms with Gasteiger partial charge in [0.25, 0.3) is 0 Å². The Labute approximate surface area is 329 Å². The molecule has 2 heterocycles. The zero-order chi connectivity index (χ0) is 41.1. The Bertz CT molecular complexity index is 1560. The van der Waals surface area contributed by atoms with E-state index in [9.17, 15) is 50.4 Å². The molecule has 6 fully saturated rings. The van der Waals surface area contributed by atoms with Crippen LogP contribution in [0.2, 0.25) is 0 Å². The van der Waals surface area contributed by atoms with Crippen molar-refractivity contribution in [2.75, 3.05) is 6.61 Å². The van der Waals surface area contributed by atoms with Crippen molar-refractivity contribution in [2.45, 2.75) is 180 Å². The zero-order valence-corrected chi connectivity index (χ0v) is 34.0. The van der Waals surface area contributed by atoms with Gasteiger partial charge in [0.2, 0.25) is 6.29 Å². The highest BCUT2D eigenvalue weighted by Crippen LogP contribution is 2.76. The van der Waals surface area contributed by atoms with Crippen LogP contribution in [0, 0.1) is 50.2 Å². The Balaban J connectivity index is 1.16. The summed E-state index contributed by atoms with van der Waals surface area (Å²) in [5.41, 5.74) is -0.448. The van der Waals surface area contributed by atoms with Crippen LogP contribution in [0.1, 0.15) is 113 Å². The molecule has 18 atom stereocenters. The molecule has 56 heavy (non-hydrogen) atoms. The quantitative estimate of drug-likeness (QED) is 0.110. The first-order valence-corrected chi connectivity index (χ1v) is 20.8. The molecule has 5 aliphatic carbocycles. The smallest absolute Gasteiger partial charge is 0.335 e. The second-order valence-electron chi connectivity index (χ2n) is 20.7. The first-order valence-electron chi connectivity index (χ1n) is 20.8. The van der Waals surface area contributed by atoms with E-state index < -0.39 is 96.9 Å². The molecular weight excluding hydrogens is 728 g/mol. The summed E-state index contributed by atoms with van der Waals surface area (Å²) < 4.78 is 23.5. The van der Waals surface area contributed by atoms with Crippen molar-refractivity contribution in [3.63, 3.8) is 0 Å². The maximum absolute atomic E-state index is 14.6. The van der Waals surface area contributed by atoms with Gasteiger partial charge < -0.3 is 59.8 Å². The molecule has 0 aromatic heterocycles. The molecule has 0 radical (unpaired) electrons. The lowest BCUT2D eigenvalue weighted by Gasteiger charge is -2.71. The minimum Gasteiger partial charge on any atom is -0.479 e. The van der Waals surface area contributed by atoms with Gasteiger partial charge in [-0.15, -0.1) is 0 Å². The highest BCUT2D eigenvalue weighted by atomic mass is 16.7. The predicted octanol–water partition coefficient (Wildman–Crippen LogP) is 2.41. The molecule has 14 heteroatoms. The summed E-state index contributed by atoms with van der Waals surface area (Å²) in [5, 5.41) is 82.4. The number of hydrogen-bond donors (Lipinski definition) is 8. The van der Waals surface area contributed by atoms with Gasteiger partial charge in [-0.2, -0.15) is 0 Å². The summed E-state index contributed by atoms with van der Waals surface area (Å²) in [6.07, 6.45) is -6.14. The lowest BCUT2D eigenvalue weighted by molar-refractivity contribution is -0.324. The summed E-state index contributed by atoms with van der Waals surface area (Å²) in [6.45, 7) is 15.5. The van der Waals surface area contributed by atoms with E-state index in [2.05, 4.69) is 54.5 Å². The number of fused-ring (bicyclic) bond motifs is 7. The third kappa shape index (κ3) is 6.17. The van der Waals surface area contributed by atoms with Gasteiger partial charge in [-0.25, -0.2) is 4.79 Å². The molecular formula is C42H66O14. The highest BCUT2D eigenvalue weighted by Gasteiger charge is 2.70. The molecule has 0 aromatic carbocycles. The van der Waals surface area contributed by atoms with Gasteiger partial charge in [-0.3, -0.25) is 4.79 Å². The number of aliphatic carboxylic acids is 1. The molecule has 7 aliphatic rings. The minimum atomic E-state index is -1.79. The van der Waals surface area contributed by atoms with Gasteiger partial charge in [-0.05, 0) is 109 Å². The number of ether oxygens (including phenoxy) is 4. The van der Waals surface area contributed by atoms with Crippen LogP contribution in [0.4, 0.5) is 0 Å². The van der Waals surface area contributed by atoms with Crippen molar-refractivity contribution in [1.29, 1.82) is 0 Å². The van der Waals surface area contributed by atoms with E-state index in [1.807, 2.05) is 0 Å². The van der Waals surface area contributed by atoms with Crippen molar-refractivity contribution in [3.8, 4) is 0 Å². The fourth-order valence-corrected chi connectivity index (χ4v) is 13.5. The maximum Gasteiger partial charge on any atom is 0.335 e. The SMILES string of the molecule is CC1(C)CC[C@]2(C(=O)O[C@@H]3O[C@H](CO)[C@@H](O)[C@H](O)[C@H]3O)CC[C@]3(C)C(=CC[C@@H]4[C@@]5(C)CC[C@H](O[C@@H]6O[C@H](C(=O)O)[C@@H](O)[C@H](O)[C@H]6O)C(C)(C)[C@@H]5CC[C@]43C)[C@@H]2C1. The van der Waals surface area contributed by atoms with Gasteiger partial charge in [0.05, 0.1) is 18.1 Å². The van der Waals surface area contributed by atoms with Gasteiger partial charge in [-0.1, -0.05) is 60.1 Å². The molecule has 318 valence electrons. The second kappa shape index (κ2) is 14.2. The van der Waals surface area contributed by atoms with Crippen LogP contribution in [0.3, 0.4) is 0 Å². The van der Waals surface area contributed by atoms with Crippen LogP contribution in [0.5, 0.6) is 0 Å². The number of allylic oxidation sites excluding steroid dienone is 2. The van der Waals surface area contributed by atoms with Gasteiger partial charge in [0, 0.05) is 0 Å². The van der Waals surface area contributed by atoms with Crippen molar-refractivity contribution < 1.29 is 69.4 Å². The number of carboxylic acid groups (broad SMARTS) is 1. The van der Waals surface area contributed by atoms with Crippen LogP contribution in [0.15, 0.2) is 11.6 Å². The fraction of sp³-hybridized carbons (Fsp3) is 0.905. The van der Waals surface area contributed by atoms with Crippen LogP contribution < -0.4 is 0 Å². The van der Waals surface area contributed by atoms with E-state index in [-0.39, 0.29) is 33.5 Å². The number of esters is 1. The molecule has 0 unspecified atom stereocenters. The van der Waals surface area contributed by atoms with Crippen LogP contribution in [0.25, 0.3) is 0 Å². The average molecular weight is 795 g/mol. The summed E-state index contributed by atoms with van der Waals surface area (Å²) in [4.78, 5) is 26.4. The largest absolute Gasteiger partial charge is 0.479 e. The number of carboxylic acids is 1. The Morgan fingerprint density at radius 2 is 1.39 bits per heavy atom. The second-order valence-corrected chi connectivity index (χ2v) is 20.7. The van der Waals surface area contributed by atoms with Gasteiger partial charge in [0.15, 0.2) is 12.4 Å². The average Bonchev–Trinajstić information content (AvgIpc) is 3.12. The van der Waals surface area contributed by atoms with Crippen molar-refractivity contribution in [2.24, 2.45) is 50.2 Å². The Morgan fingerprint density at radius 3 is 2.05 bits per heavy atom. The topological polar surface area (TPSA) is 233 Å². The van der Waals surface area contributed by atoms with Crippen LogP contribution in [-0.2, 0) is 28.5 Å². The van der Waals surface area contributed by atoms with E-state index >= 15 is 0 Å². The van der Waals surface area contributed by atoms with E-state index in [1.165, 1.54) is 5.57 Å². The molecule has 0 bridgehead atoms. The minimum absolute atomic E-state index is 0.0330. The molecule has 0 spiro atoms. The maximum atomic E-state index is 14.6. The lowest BCUT2D eigenvalue weighted by atomic mass is 9.33. The third-order valence-electron chi connectivity index (χ3n) is 17.2. The Morgan fingerprint density at radius 1 is 0.750 bits per heavy atom. The summed E-state index contributed by atoms with van der Waals surface area (Å²) in [7, 11) is 0. The van der Waals surface area contributed by atoms with E-state index in [0.717, 1.165) is 44.9 Å². The highest BCUT2D eigenvalue weighted by molar-refractivity contribution is 5.79. The summed E-state index contributed by atoms with van der Waals surface area (Å²) in [5.74, 6) is -1.52. The number of rotatable bonds is 6. The van der Waals surface area contributed by atoms with E-state index in [0.29, 0.717) is 25.2 Å². The predicted molar refractivity (Wildman–Crippen MR) is 198 cm³/mol. The first-order chi connectivity index (χ1) is 26.0. The molecule has 8 N–H and O–H groups in total. The Kier molecular flexibility index (Phi) is 10.8. The molecule has 0 amide bonds. The molecule has 0 aromatic rings. The normalized spacial score (nSPS) is 52.3. The standard InChI is InChI=1S/C42H66O14/c1-37(2)14-16-42(36(52)56-34-30(48)27(45)26(44)22(19-43)53-34)17-15-40(6)20(21(42)18-37)8-9-24-39(5)12-11-25(38(3,4)23(39)10-13-41(24,40)7)54-35-31(49)28(46)29(47)32(55-35)33(50)51/h8,21-32,34-35,43-49H,9-19H2,1-7H3,(H,50,51)/t21-,22+,23-,24+,25-,26+,27-,28-,29-,30+,31+,32-,34-,35+,39-,40+,41+,42-/m0/s1. The Hall–Kier alpha value is -1.72. The molecule has 14 nitrogen and oxygen atoms in total. The van der Waals surface area contributed by atoms with Crippen molar-refractivity contribution in [1.82, 2.24) is 0 Å². The molecule has 7 rings (SSSR count). The number of aliphatic hydroxyl groups excluding tert-OH is 7. The summed E-state index contributed by atoms with van der Waals surface area (Å²) >= 11 is 0. The lowest BCUT2D eigenvalue weighted by Crippen LogP contribution is -2.66. The first kappa shape index (κ1) is 42.4. The summed E-state index contributed by atoms with van der Waals surface area (Å²) in [6, 6.07) is 0. The van der Waals surface area contributed by atoms with Crippen LogP contribution in [-0.4, -0.2) is 127 Å². The van der Waals surface area contributed by atoms with Gasteiger partial charge >= 0.3 is 11.9 Å². The number of hydrogen-bond acceptors (Lipinski definition) is 13. The molecule has 2 saturated heterocycles. The van der Waals surface area contributed by atoms with Crippen molar-refractivity contribution in [3.05, 3.63) is 11.6 Å². The molecule has 2 aliphatic heterocycles. The van der Waals surface area contributed by atoms with Crippen LogP contribution >= 0.6 is 0 Å². The fourth-order valence-electron chi connectivity index (χ4n) is 13.5. The van der Waals surface area contributed by atoms with Gasteiger partial charge in [0.1, 0.15) is 42.7 Å². The third-order valence-corrected chi connectivity index (χ3v) is 17.2. The number of carbonyl (C=O) groups excluding carboxylic acids is 1. The van der Waals surface area contributed by atoms with Crippen molar-refractivity contribution >= 4 is 11.9 Å². The molecule has 4 saturated carbocycles. The van der Waals surface area contributed by atoms with E-state index in [4.69, 9.17) is 18.9 Å². The number of carbonyl (C=O) groups is 2. The van der Waals surface area contributed by atoms with E-state index in [1.54, 1.807) is 0 Å². The number of aliphatic hydroxyl groups is 7. The monoisotopic (exact) mass is 794 g/mol. The zero-order valence-electron chi connectivity index (χ0n) is 34.0.